The van der Waals surface area contributed by atoms with Gasteiger partial charge in [-0.05, 0) is 22.8 Å². The highest BCUT2D eigenvalue weighted by atomic mass is 35.5. The van der Waals surface area contributed by atoms with Crippen molar-refractivity contribution in [2.75, 3.05) is 0 Å². The summed E-state index contributed by atoms with van der Waals surface area (Å²) in [6.07, 6.45) is 0. The summed E-state index contributed by atoms with van der Waals surface area (Å²) in [5.41, 5.74) is 1.92. The number of rotatable bonds is 3. The molecule has 2 aromatic carbocycles. The highest BCUT2D eigenvalue weighted by Gasteiger charge is 2.17. The molecule has 0 heterocycles. The number of aliphatic hydroxyl groups excluding tert-OH is 1. The lowest BCUT2D eigenvalue weighted by atomic mass is 9.95. The van der Waals surface area contributed by atoms with Crippen LogP contribution < -0.4 is 0 Å². The molecule has 0 atom stereocenters. The lowest BCUT2D eigenvalue weighted by Gasteiger charge is -2.11. The summed E-state index contributed by atoms with van der Waals surface area (Å²) in [7, 11) is 0. The van der Waals surface area contributed by atoms with Crippen LogP contribution in [0.25, 0.3) is 11.1 Å². The molecule has 0 aliphatic rings. The highest BCUT2D eigenvalue weighted by molar-refractivity contribution is 6.34. The van der Waals surface area contributed by atoms with Crippen LogP contribution in [-0.4, -0.2) is 16.2 Å². The summed E-state index contributed by atoms with van der Waals surface area (Å²) >= 11 is 5.93. The topological polar surface area (TPSA) is 57.5 Å². The molecule has 0 aliphatic carbocycles. The lowest BCUT2D eigenvalue weighted by molar-refractivity contribution is 0.0698. The number of carboxylic acid groups (broad SMARTS) is 1. The van der Waals surface area contributed by atoms with E-state index in [1.165, 1.54) is 6.07 Å². The number of carboxylic acids is 1. The van der Waals surface area contributed by atoms with Crippen LogP contribution in [0.3, 0.4) is 0 Å². The monoisotopic (exact) mass is 262 g/mol. The van der Waals surface area contributed by atoms with E-state index in [1.54, 1.807) is 36.4 Å². The highest BCUT2D eigenvalue weighted by Crippen LogP contribution is 2.31. The summed E-state index contributed by atoms with van der Waals surface area (Å²) in [4.78, 5) is 11.3. The first-order valence-corrected chi connectivity index (χ1v) is 5.74. The Kier molecular flexibility index (Phi) is 3.65. The van der Waals surface area contributed by atoms with Crippen LogP contribution in [0.1, 0.15) is 15.9 Å². The minimum Gasteiger partial charge on any atom is -0.478 e. The van der Waals surface area contributed by atoms with E-state index >= 15 is 0 Å². The van der Waals surface area contributed by atoms with E-state index in [0.29, 0.717) is 16.7 Å². The third-order valence-electron chi connectivity index (χ3n) is 2.71. The average molecular weight is 263 g/mol. The summed E-state index contributed by atoms with van der Waals surface area (Å²) in [5, 5.41) is 18.7. The van der Waals surface area contributed by atoms with Crippen LogP contribution in [-0.2, 0) is 6.61 Å². The maximum atomic E-state index is 11.3. The molecule has 0 unspecified atom stereocenters. The van der Waals surface area contributed by atoms with Crippen molar-refractivity contribution in [2.24, 2.45) is 0 Å². The van der Waals surface area contributed by atoms with Crippen LogP contribution in [0, 0.1) is 0 Å². The Morgan fingerprint density at radius 3 is 2.39 bits per heavy atom. The zero-order valence-electron chi connectivity index (χ0n) is 9.43. The van der Waals surface area contributed by atoms with E-state index in [1.807, 2.05) is 0 Å². The van der Waals surface area contributed by atoms with E-state index in [2.05, 4.69) is 0 Å². The molecule has 0 fully saturated rings. The molecule has 2 rings (SSSR count). The molecular weight excluding hydrogens is 252 g/mol. The Morgan fingerprint density at radius 2 is 1.72 bits per heavy atom. The van der Waals surface area contributed by atoms with Gasteiger partial charge in [-0.25, -0.2) is 4.79 Å². The second kappa shape index (κ2) is 5.21. The fraction of sp³-hybridized carbons (Fsp3) is 0.0714. The molecule has 0 amide bonds. The SMILES string of the molecule is O=C(O)c1c(Cl)cccc1-c1ccccc1CO. The van der Waals surface area contributed by atoms with Gasteiger partial charge in [0.25, 0.3) is 0 Å². The largest absolute Gasteiger partial charge is 0.478 e. The van der Waals surface area contributed by atoms with E-state index in [9.17, 15) is 15.0 Å². The van der Waals surface area contributed by atoms with Crippen molar-refractivity contribution in [3.05, 3.63) is 58.6 Å². The standard InChI is InChI=1S/C14H11ClO3/c15-12-7-3-6-11(13(12)14(17)18)10-5-2-1-4-9(10)8-16/h1-7,16H,8H2,(H,17,18). The van der Waals surface area contributed by atoms with Gasteiger partial charge in [0, 0.05) is 0 Å². The van der Waals surface area contributed by atoms with Gasteiger partial charge >= 0.3 is 5.97 Å². The van der Waals surface area contributed by atoms with Crippen LogP contribution in [0.5, 0.6) is 0 Å². The number of hydrogen-bond acceptors (Lipinski definition) is 2. The minimum absolute atomic E-state index is 0.0556. The fourth-order valence-corrected chi connectivity index (χ4v) is 2.14. The van der Waals surface area contributed by atoms with Crippen molar-refractivity contribution in [1.29, 1.82) is 0 Å². The second-order valence-electron chi connectivity index (χ2n) is 3.78. The first kappa shape index (κ1) is 12.6. The molecule has 0 spiro atoms. The number of aromatic carboxylic acids is 1. The smallest absolute Gasteiger partial charge is 0.337 e. The Labute approximate surface area is 109 Å². The molecule has 0 radical (unpaired) electrons. The molecular formula is C14H11ClO3. The Balaban J connectivity index is 2.71. The third-order valence-corrected chi connectivity index (χ3v) is 3.02. The van der Waals surface area contributed by atoms with Crippen molar-refractivity contribution in [2.45, 2.75) is 6.61 Å². The van der Waals surface area contributed by atoms with Crippen LogP contribution in [0.15, 0.2) is 42.5 Å². The molecule has 0 saturated carbocycles. The fourth-order valence-electron chi connectivity index (χ4n) is 1.89. The van der Waals surface area contributed by atoms with E-state index < -0.39 is 5.97 Å². The Hall–Kier alpha value is -1.84. The average Bonchev–Trinajstić information content (AvgIpc) is 2.38. The van der Waals surface area contributed by atoms with Crippen molar-refractivity contribution < 1.29 is 15.0 Å². The van der Waals surface area contributed by atoms with Crippen LogP contribution >= 0.6 is 11.6 Å². The van der Waals surface area contributed by atoms with Crippen molar-refractivity contribution in [1.82, 2.24) is 0 Å². The molecule has 0 aliphatic heterocycles. The number of hydrogen-bond donors (Lipinski definition) is 2. The molecule has 2 aromatic rings. The number of halogens is 1. The lowest BCUT2D eigenvalue weighted by Crippen LogP contribution is -2.02. The maximum Gasteiger partial charge on any atom is 0.337 e. The third kappa shape index (κ3) is 2.23. The van der Waals surface area contributed by atoms with Crippen LogP contribution in [0.2, 0.25) is 5.02 Å². The number of carbonyl (C=O) groups is 1. The van der Waals surface area contributed by atoms with Crippen molar-refractivity contribution in [3.63, 3.8) is 0 Å². The molecule has 3 nitrogen and oxygen atoms in total. The van der Waals surface area contributed by atoms with Gasteiger partial charge in [0.2, 0.25) is 0 Å². The minimum atomic E-state index is -1.08. The Bertz CT molecular complexity index is 593. The van der Waals surface area contributed by atoms with Gasteiger partial charge in [-0.1, -0.05) is 48.0 Å². The maximum absolute atomic E-state index is 11.3. The summed E-state index contributed by atoms with van der Waals surface area (Å²) in [6.45, 7) is -0.151. The van der Waals surface area contributed by atoms with Gasteiger partial charge in [0.05, 0.1) is 17.2 Å². The van der Waals surface area contributed by atoms with E-state index in [4.69, 9.17) is 11.6 Å². The first-order chi connectivity index (χ1) is 8.65. The zero-order chi connectivity index (χ0) is 13.1. The van der Waals surface area contributed by atoms with Crippen molar-refractivity contribution in [3.8, 4) is 11.1 Å². The first-order valence-electron chi connectivity index (χ1n) is 5.36. The zero-order valence-corrected chi connectivity index (χ0v) is 10.2. The van der Waals surface area contributed by atoms with E-state index in [0.717, 1.165) is 0 Å². The summed E-state index contributed by atoms with van der Waals surface area (Å²) < 4.78 is 0. The molecule has 0 aromatic heterocycles. The second-order valence-corrected chi connectivity index (χ2v) is 4.19. The van der Waals surface area contributed by atoms with Gasteiger partial charge < -0.3 is 10.2 Å². The molecule has 0 bridgehead atoms. The molecule has 92 valence electrons. The summed E-state index contributed by atoms with van der Waals surface area (Å²) in [5.74, 6) is -1.08. The number of benzene rings is 2. The van der Waals surface area contributed by atoms with Gasteiger partial charge in [-0.3, -0.25) is 0 Å². The Morgan fingerprint density at radius 1 is 1.06 bits per heavy atom. The summed E-state index contributed by atoms with van der Waals surface area (Å²) in [6, 6.07) is 12.0. The molecule has 18 heavy (non-hydrogen) atoms. The normalized spacial score (nSPS) is 10.3. The number of aliphatic hydroxyl groups is 1. The van der Waals surface area contributed by atoms with Gasteiger partial charge in [0.1, 0.15) is 0 Å². The molecule has 0 saturated heterocycles. The molecule has 2 N–H and O–H groups in total. The predicted molar refractivity (Wildman–Crippen MR) is 69.8 cm³/mol. The predicted octanol–water partition coefficient (Wildman–Crippen LogP) is 3.20. The van der Waals surface area contributed by atoms with Gasteiger partial charge in [-0.2, -0.15) is 0 Å². The van der Waals surface area contributed by atoms with Gasteiger partial charge in [0.15, 0.2) is 0 Å². The molecule has 4 heteroatoms. The van der Waals surface area contributed by atoms with Gasteiger partial charge in [-0.15, -0.1) is 0 Å². The quantitative estimate of drug-likeness (QED) is 0.893. The van der Waals surface area contributed by atoms with E-state index in [-0.39, 0.29) is 17.2 Å². The van der Waals surface area contributed by atoms with Crippen molar-refractivity contribution >= 4 is 17.6 Å². The van der Waals surface area contributed by atoms with Crippen LogP contribution in [0.4, 0.5) is 0 Å².